The number of carbonyl (C=O) groups excluding carboxylic acids is 1. The van der Waals surface area contributed by atoms with E-state index in [1.807, 2.05) is 0 Å². The molecule has 0 aromatic rings. The largest absolute Gasteiger partial charge is 0.381 e. The molecule has 0 heterocycles. The average Bonchev–Trinajstić information content (AvgIpc) is 2.30. The smallest absolute Gasteiger partial charge is 0.265 e. The van der Waals surface area contributed by atoms with Crippen LogP contribution in [0.2, 0.25) is 0 Å². The molecule has 0 spiro atoms. The van der Waals surface area contributed by atoms with Crippen LogP contribution < -0.4 is 11.3 Å². The Bertz CT molecular complexity index is 246. The molecular formula is C12H24N2O3. The van der Waals surface area contributed by atoms with Gasteiger partial charge in [-0.1, -0.05) is 13.8 Å². The summed E-state index contributed by atoms with van der Waals surface area (Å²) in [6.07, 6.45) is 3.77. The normalized spacial score (nSPS) is 22.1. The molecule has 1 rings (SSSR count). The molecule has 5 nitrogen and oxygen atoms in total. The molecule has 3 N–H and O–H groups in total. The third kappa shape index (κ3) is 4.61. The summed E-state index contributed by atoms with van der Waals surface area (Å²) in [6.45, 7) is 4.77. The lowest BCUT2D eigenvalue weighted by Gasteiger charge is -2.35. The first-order chi connectivity index (χ1) is 7.98. The molecule has 17 heavy (non-hydrogen) atoms. The van der Waals surface area contributed by atoms with E-state index in [-0.39, 0.29) is 18.6 Å². The zero-order valence-corrected chi connectivity index (χ0v) is 11.0. The lowest BCUT2D eigenvalue weighted by Crippen LogP contribution is -2.45. The molecule has 100 valence electrons. The summed E-state index contributed by atoms with van der Waals surface area (Å²) < 4.78 is 10.7. The molecular weight excluding hydrogens is 220 g/mol. The van der Waals surface area contributed by atoms with Crippen LogP contribution in [0.1, 0.15) is 39.5 Å². The quantitative estimate of drug-likeness (QED) is 0.429. The van der Waals surface area contributed by atoms with Gasteiger partial charge >= 0.3 is 0 Å². The molecule has 0 aliphatic heterocycles. The minimum absolute atomic E-state index is 0.139. The number of carbonyl (C=O) groups is 1. The Morgan fingerprint density at radius 1 is 1.47 bits per heavy atom. The van der Waals surface area contributed by atoms with E-state index in [0.717, 1.165) is 25.7 Å². The second-order valence-electron chi connectivity index (χ2n) is 5.45. The molecule has 1 saturated carbocycles. The fourth-order valence-corrected chi connectivity index (χ4v) is 2.16. The van der Waals surface area contributed by atoms with E-state index in [1.165, 1.54) is 0 Å². The molecule has 1 amide bonds. The summed E-state index contributed by atoms with van der Waals surface area (Å²) in [5.41, 5.74) is 2.51. The molecule has 0 aromatic carbocycles. The van der Waals surface area contributed by atoms with Crippen molar-refractivity contribution < 1.29 is 14.3 Å². The Kier molecular flexibility index (Phi) is 5.36. The van der Waals surface area contributed by atoms with Crippen molar-refractivity contribution in [3.63, 3.8) is 0 Å². The summed E-state index contributed by atoms with van der Waals surface area (Å²) in [6, 6.07) is 0. The highest BCUT2D eigenvalue weighted by atomic mass is 16.5. The fourth-order valence-electron chi connectivity index (χ4n) is 2.16. The number of nitrogens with two attached hydrogens (primary N) is 1. The van der Waals surface area contributed by atoms with Crippen molar-refractivity contribution in [2.45, 2.75) is 51.7 Å². The maximum absolute atomic E-state index is 11.5. The predicted molar refractivity (Wildman–Crippen MR) is 65.1 cm³/mol. The van der Waals surface area contributed by atoms with Crippen LogP contribution in [0.3, 0.4) is 0 Å². The van der Waals surface area contributed by atoms with Gasteiger partial charge < -0.3 is 9.47 Å². The van der Waals surface area contributed by atoms with Crippen LogP contribution in [0.25, 0.3) is 0 Å². The zero-order chi connectivity index (χ0) is 12.9. The number of methoxy groups -OCH3 is 1. The standard InChI is InChI=1S/C12H24N2O3/c1-12(2)6-4-9(5-7-12)17-10(8-16-3)11(15)14-13/h9-10H,4-8,13H2,1-3H3,(H,14,15). The highest BCUT2D eigenvalue weighted by Gasteiger charge is 2.30. The van der Waals surface area contributed by atoms with Crippen LogP contribution in [0.4, 0.5) is 0 Å². The Morgan fingerprint density at radius 3 is 2.53 bits per heavy atom. The number of hydrogen-bond donors (Lipinski definition) is 2. The molecule has 1 aliphatic carbocycles. The zero-order valence-electron chi connectivity index (χ0n) is 11.0. The topological polar surface area (TPSA) is 73.6 Å². The van der Waals surface area contributed by atoms with Gasteiger partial charge in [0.2, 0.25) is 0 Å². The minimum atomic E-state index is -0.601. The molecule has 1 fully saturated rings. The molecule has 5 heteroatoms. The lowest BCUT2D eigenvalue weighted by atomic mass is 9.76. The molecule has 1 atom stereocenters. The number of ether oxygens (including phenoxy) is 2. The van der Waals surface area contributed by atoms with Gasteiger partial charge in [-0.3, -0.25) is 10.2 Å². The predicted octanol–water partition coefficient (Wildman–Crippen LogP) is 0.977. The lowest BCUT2D eigenvalue weighted by molar-refractivity contribution is -0.144. The molecule has 1 aliphatic rings. The average molecular weight is 244 g/mol. The summed E-state index contributed by atoms with van der Waals surface area (Å²) in [5, 5.41) is 0. The van der Waals surface area contributed by atoms with Gasteiger partial charge in [-0.25, -0.2) is 5.84 Å². The molecule has 0 bridgehead atoms. The van der Waals surface area contributed by atoms with Crippen molar-refractivity contribution in [3.05, 3.63) is 0 Å². The van der Waals surface area contributed by atoms with Crippen LogP contribution in [0.5, 0.6) is 0 Å². The number of nitrogens with one attached hydrogen (secondary N) is 1. The first kappa shape index (κ1) is 14.4. The summed E-state index contributed by atoms with van der Waals surface area (Å²) in [5.74, 6) is 4.79. The van der Waals surface area contributed by atoms with Crippen LogP contribution in [-0.4, -0.2) is 31.8 Å². The first-order valence-electron chi connectivity index (χ1n) is 6.13. The summed E-state index contributed by atoms with van der Waals surface area (Å²) in [4.78, 5) is 11.5. The van der Waals surface area contributed by atoms with Crippen molar-refractivity contribution >= 4 is 5.91 Å². The van der Waals surface area contributed by atoms with Gasteiger partial charge in [0.05, 0.1) is 12.7 Å². The van der Waals surface area contributed by atoms with Crippen molar-refractivity contribution in [3.8, 4) is 0 Å². The Morgan fingerprint density at radius 2 is 2.06 bits per heavy atom. The molecule has 0 radical (unpaired) electrons. The third-order valence-electron chi connectivity index (χ3n) is 3.40. The summed E-state index contributed by atoms with van der Waals surface area (Å²) >= 11 is 0. The SMILES string of the molecule is COCC(OC1CCC(C)(C)CC1)C(=O)NN. The van der Waals surface area contributed by atoms with Gasteiger partial charge in [0, 0.05) is 7.11 Å². The van der Waals surface area contributed by atoms with E-state index in [2.05, 4.69) is 19.3 Å². The second kappa shape index (κ2) is 6.33. The van der Waals surface area contributed by atoms with E-state index in [4.69, 9.17) is 15.3 Å². The van der Waals surface area contributed by atoms with Gasteiger partial charge in [0.15, 0.2) is 6.10 Å². The van der Waals surface area contributed by atoms with E-state index < -0.39 is 6.10 Å². The molecule has 0 saturated heterocycles. The van der Waals surface area contributed by atoms with Gasteiger partial charge in [-0.05, 0) is 31.1 Å². The third-order valence-corrected chi connectivity index (χ3v) is 3.40. The maximum atomic E-state index is 11.5. The first-order valence-corrected chi connectivity index (χ1v) is 6.13. The Balaban J connectivity index is 2.43. The number of amides is 1. The van der Waals surface area contributed by atoms with Gasteiger partial charge in [-0.15, -0.1) is 0 Å². The van der Waals surface area contributed by atoms with Crippen molar-refractivity contribution in [2.75, 3.05) is 13.7 Å². The van der Waals surface area contributed by atoms with Gasteiger partial charge in [0.1, 0.15) is 0 Å². The van der Waals surface area contributed by atoms with Crippen LogP contribution >= 0.6 is 0 Å². The van der Waals surface area contributed by atoms with Crippen LogP contribution in [0, 0.1) is 5.41 Å². The van der Waals surface area contributed by atoms with E-state index >= 15 is 0 Å². The minimum Gasteiger partial charge on any atom is -0.381 e. The maximum Gasteiger partial charge on any atom is 0.265 e. The number of rotatable bonds is 5. The van der Waals surface area contributed by atoms with E-state index in [0.29, 0.717) is 5.41 Å². The second-order valence-corrected chi connectivity index (χ2v) is 5.45. The number of hydrogen-bond acceptors (Lipinski definition) is 4. The fraction of sp³-hybridized carbons (Fsp3) is 0.917. The van der Waals surface area contributed by atoms with Crippen LogP contribution in [0.15, 0.2) is 0 Å². The monoisotopic (exact) mass is 244 g/mol. The van der Waals surface area contributed by atoms with Crippen molar-refractivity contribution in [1.29, 1.82) is 0 Å². The van der Waals surface area contributed by atoms with Gasteiger partial charge in [-0.2, -0.15) is 0 Å². The Labute approximate surface area is 103 Å². The highest BCUT2D eigenvalue weighted by molar-refractivity contribution is 5.80. The van der Waals surface area contributed by atoms with E-state index in [9.17, 15) is 4.79 Å². The number of hydrazine groups is 1. The van der Waals surface area contributed by atoms with E-state index in [1.54, 1.807) is 7.11 Å². The molecule has 0 aromatic heterocycles. The Hall–Kier alpha value is -0.650. The summed E-state index contributed by atoms with van der Waals surface area (Å²) in [7, 11) is 1.55. The molecule has 1 unspecified atom stereocenters. The van der Waals surface area contributed by atoms with Gasteiger partial charge in [0.25, 0.3) is 5.91 Å². The highest BCUT2D eigenvalue weighted by Crippen LogP contribution is 2.36. The van der Waals surface area contributed by atoms with Crippen molar-refractivity contribution in [2.24, 2.45) is 11.3 Å². The van der Waals surface area contributed by atoms with Crippen molar-refractivity contribution in [1.82, 2.24) is 5.43 Å². The van der Waals surface area contributed by atoms with Crippen LogP contribution in [-0.2, 0) is 14.3 Å².